The zero-order valence-electron chi connectivity index (χ0n) is 9.33. The lowest BCUT2D eigenvalue weighted by atomic mass is 10.1. The number of aryl methyl sites for hydroxylation is 1. The average Bonchev–Trinajstić information content (AvgIpc) is 2.34. The van der Waals surface area contributed by atoms with E-state index < -0.39 is 0 Å². The highest BCUT2D eigenvalue weighted by atomic mass is 35.5. The highest BCUT2D eigenvalue weighted by molar-refractivity contribution is 6.27. The summed E-state index contributed by atoms with van der Waals surface area (Å²) in [5.41, 5.74) is 1.21. The molecule has 0 radical (unpaired) electrons. The van der Waals surface area contributed by atoms with Gasteiger partial charge in [0.2, 0.25) is 5.91 Å². The molecule has 1 rings (SSSR count). The smallest absolute Gasteiger partial charge is 0.234 e. The number of nitrogens with one attached hydrogen (secondary N) is 1. The fourth-order valence-corrected chi connectivity index (χ4v) is 1.49. The Hall–Kier alpha value is -1.22. The molecular weight excluding hydrogens is 226 g/mol. The lowest BCUT2D eigenvalue weighted by molar-refractivity contribution is -0.118. The van der Waals surface area contributed by atoms with Crippen molar-refractivity contribution in [1.29, 1.82) is 0 Å². The molecule has 0 atom stereocenters. The fraction of sp³-hybridized carbons (Fsp3) is 0.417. The standard InChI is InChI=1S/C12H16ClNO2/c1-16-11-6-2-4-10(8-11)5-3-7-14-12(15)9-13/h2,4,6,8H,3,5,7,9H2,1H3,(H,14,15). The van der Waals surface area contributed by atoms with Crippen LogP contribution in [-0.2, 0) is 11.2 Å². The van der Waals surface area contributed by atoms with Gasteiger partial charge >= 0.3 is 0 Å². The van der Waals surface area contributed by atoms with Crippen LogP contribution in [-0.4, -0.2) is 25.4 Å². The molecule has 0 aliphatic rings. The number of hydrogen-bond acceptors (Lipinski definition) is 2. The first-order valence-corrected chi connectivity index (χ1v) is 5.75. The summed E-state index contributed by atoms with van der Waals surface area (Å²) in [7, 11) is 1.65. The topological polar surface area (TPSA) is 38.3 Å². The van der Waals surface area contributed by atoms with Crippen molar-refractivity contribution < 1.29 is 9.53 Å². The van der Waals surface area contributed by atoms with Gasteiger partial charge < -0.3 is 10.1 Å². The molecule has 0 heterocycles. The third-order valence-corrected chi connectivity index (χ3v) is 2.46. The van der Waals surface area contributed by atoms with Crippen LogP contribution < -0.4 is 10.1 Å². The van der Waals surface area contributed by atoms with Crippen LogP contribution in [0.3, 0.4) is 0 Å². The Kier molecular flexibility index (Phi) is 5.72. The van der Waals surface area contributed by atoms with Gasteiger partial charge in [-0.2, -0.15) is 0 Å². The zero-order chi connectivity index (χ0) is 11.8. The first kappa shape index (κ1) is 12.8. The molecule has 0 saturated carbocycles. The van der Waals surface area contributed by atoms with E-state index in [2.05, 4.69) is 5.32 Å². The Morgan fingerprint density at radius 3 is 3.00 bits per heavy atom. The molecule has 1 N–H and O–H groups in total. The zero-order valence-corrected chi connectivity index (χ0v) is 10.1. The van der Waals surface area contributed by atoms with Crippen LogP contribution in [0.1, 0.15) is 12.0 Å². The molecule has 0 saturated heterocycles. The first-order valence-electron chi connectivity index (χ1n) is 5.22. The average molecular weight is 242 g/mol. The van der Waals surface area contributed by atoms with Crippen molar-refractivity contribution in [2.24, 2.45) is 0 Å². The molecule has 0 aliphatic heterocycles. The maximum absolute atomic E-state index is 10.9. The summed E-state index contributed by atoms with van der Waals surface area (Å²) in [6, 6.07) is 7.93. The van der Waals surface area contributed by atoms with Gasteiger partial charge in [-0.3, -0.25) is 4.79 Å². The lowest BCUT2D eigenvalue weighted by Gasteiger charge is -2.05. The van der Waals surface area contributed by atoms with Crippen LogP contribution in [0.4, 0.5) is 0 Å². The van der Waals surface area contributed by atoms with Gasteiger partial charge in [0.1, 0.15) is 11.6 Å². The van der Waals surface area contributed by atoms with E-state index in [1.165, 1.54) is 5.56 Å². The van der Waals surface area contributed by atoms with Gasteiger partial charge in [-0.15, -0.1) is 11.6 Å². The molecule has 4 heteroatoms. The lowest BCUT2D eigenvalue weighted by Crippen LogP contribution is -2.25. The van der Waals surface area contributed by atoms with E-state index in [-0.39, 0.29) is 11.8 Å². The second-order valence-electron chi connectivity index (χ2n) is 3.44. The highest BCUT2D eigenvalue weighted by Gasteiger charge is 1.98. The maximum atomic E-state index is 10.9. The number of amides is 1. The first-order chi connectivity index (χ1) is 7.76. The molecule has 0 spiro atoms. The SMILES string of the molecule is COc1cccc(CCCNC(=O)CCl)c1. The van der Waals surface area contributed by atoms with Crippen LogP contribution in [0.5, 0.6) is 5.75 Å². The Bertz CT molecular complexity index is 342. The van der Waals surface area contributed by atoms with E-state index in [4.69, 9.17) is 16.3 Å². The van der Waals surface area contributed by atoms with Gasteiger partial charge in [0.15, 0.2) is 0 Å². The Labute approximate surface area is 101 Å². The summed E-state index contributed by atoms with van der Waals surface area (Å²) < 4.78 is 5.13. The molecule has 1 aromatic rings. The summed E-state index contributed by atoms with van der Waals surface area (Å²) in [5, 5.41) is 2.73. The number of benzene rings is 1. The van der Waals surface area contributed by atoms with Gasteiger partial charge in [0.25, 0.3) is 0 Å². The van der Waals surface area contributed by atoms with E-state index >= 15 is 0 Å². The number of hydrogen-bond donors (Lipinski definition) is 1. The molecule has 3 nitrogen and oxygen atoms in total. The van der Waals surface area contributed by atoms with Crippen LogP contribution >= 0.6 is 11.6 Å². The molecule has 1 amide bonds. The summed E-state index contributed by atoms with van der Waals surface area (Å²) in [6.45, 7) is 0.656. The van der Waals surface area contributed by atoms with E-state index in [0.717, 1.165) is 18.6 Å². The predicted octanol–water partition coefficient (Wildman–Crippen LogP) is 1.98. The summed E-state index contributed by atoms with van der Waals surface area (Å²) in [5.74, 6) is 0.772. The van der Waals surface area contributed by atoms with E-state index in [1.807, 2.05) is 24.3 Å². The van der Waals surface area contributed by atoms with Crippen LogP contribution in [0.15, 0.2) is 24.3 Å². The number of rotatable bonds is 6. The Morgan fingerprint density at radius 1 is 1.50 bits per heavy atom. The number of carbonyl (C=O) groups is 1. The van der Waals surface area contributed by atoms with Crippen molar-refractivity contribution >= 4 is 17.5 Å². The molecule has 0 aromatic heterocycles. The van der Waals surface area contributed by atoms with Crippen molar-refractivity contribution in [2.75, 3.05) is 19.5 Å². The predicted molar refractivity (Wildman–Crippen MR) is 65.0 cm³/mol. The largest absolute Gasteiger partial charge is 0.497 e. The van der Waals surface area contributed by atoms with Crippen molar-refractivity contribution in [1.82, 2.24) is 5.32 Å². The molecule has 0 fully saturated rings. The highest BCUT2D eigenvalue weighted by Crippen LogP contribution is 2.13. The summed E-state index contributed by atoms with van der Waals surface area (Å²) >= 11 is 5.36. The molecular formula is C12H16ClNO2. The van der Waals surface area contributed by atoms with Crippen molar-refractivity contribution in [3.05, 3.63) is 29.8 Å². The molecule has 16 heavy (non-hydrogen) atoms. The van der Waals surface area contributed by atoms with E-state index in [9.17, 15) is 4.79 Å². The number of carbonyl (C=O) groups excluding carboxylic acids is 1. The van der Waals surface area contributed by atoms with Crippen molar-refractivity contribution in [2.45, 2.75) is 12.8 Å². The summed E-state index contributed by atoms with van der Waals surface area (Å²) in [6.07, 6.45) is 1.82. The van der Waals surface area contributed by atoms with Gasteiger partial charge in [0.05, 0.1) is 7.11 Å². The molecule has 0 bridgehead atoms. The van der Waals surface area contributed by atoms with Crippen LogP contribution in [0, 0.1) is 0 Å². The normalized spacial score (nSPS) is 9.88. The van der Waals surface area contributed by atoms with E-state index in [1.54, 1.807) is 7.11 Å². The van der Waals surface area contributed by atoms with Crippen molar-refractivity contribution in [3.63, 3.8) is 0 Å². The minimum absolute atomic E-state index is 0.0269. The Morgan fingerprint density at radius 2 is 2.31 bits per heavy atom. The maximum Gasteiger partial charge on any atom is 0.234 e. The van der Waals surface area contributed by atoms with Crippen LogP contribution in [0.2, 0.25) is 0 Å². The third kappa shape index (κ3) is 4.53. The molecule has 1 aromatic carbocycles. The second kappa shape index (κ2) is 7.12. The fourth-order valence-electron chi connectivity index (χ4n) is 1.40. The van der Waals surface area contributed by atoms with E-state index in [0.29, 0.717) is 6.54 Å². The van der Waals surface area contributed by atoms with Gasteiger partial charge in [0, 0.05) is 6.54 Å². The van der Waals surface area contributed by atoms with Gasteiger partial charge in [-0.05, 0) is 30.5 Å². The second-order valence-corrected chi connectivity index (χ2v) is 3.71. The number of alkyl halides is 1. The van der Waals surface area contributed by atoms with Gasteiger partial charge in [-0.25, -0.2) is 0 Å². The number of halogens is 1. The minimum Gasteiger partial charge on any atom is -0.497 e. The van der Waals surface area contributed by atoms with Crippen molar-refractivity contribution in [3.8, 4) is 5.75 Å². The molecule has 0 unspecified atom stereocenters. The van der Waals surface area contributed by atoms with Crippen LogP contribution in [0.25, 0.3) is 0 Å². The minimum atomic E-state index is -0.118. The van der Waals surface area contributed by atoms with Gasteiger partial charge in [-0.1, -0.05) is 12.1 Å². The summed E-state index contributed by atoms with van der Waals surface area (Å²) in [4.78, 5) is 10.9. The monoisotopic (exact) mass is 241 g/mol. The number of ether oxygens (including phenoxy) is 1. The quantitative estimate of drug-likeness (QED) is 0.611. The Balaban J connectivity index is 2.28. The number of methoxy groups -OCH3 is 1. The molecule has 88 valence electrons. The third-order valence-electron chi connectivity index (χ3n) is 2.22. The molecule has 0 aliphatic carbocycles.